The molecule has 1 aromatic carbocycles. The van der Waals surface area contributed by atoms with Crippen molar-refractivity contribution in [3.8, 4) is 0 Å². The highest BCUT2D eigenvalue weighted by atomic mass is 32.2. The van der Waals surface area contributed by atoms with Crippen LogP contribution in [0.2, 0.25) is 0 Å². The van der Waals surface area contributed by atoms with E-state index in [1.165, 1.54) is 24.3 Å². The van der Waals surface area contributed by atoms with Crippen LogP contribution >= 0.6 is 0 Å². The number of nitroso groups, excluding NO2 is 1. The van der Waals surface area contributed by atoms with Crippen LogP contribution in [0.25, 0.3) is 0 Å². The Morgan fingerprint density at radius 2 is 1.64 bits per heavy atom. The maximum atomic E-state index is 10.3. The molecule has 11 heavy (non-hydrogen) atoms. The number of benzene rings is 1. The van der Waals surface area contributed by atoms with E-state index in [0.717, 1.165) is 0 Å². The Morgan fingerprint density at radius 1 is 1.09 bits per heavy atom. The zero-order chi connectivity index (χ0) is 8.27. The summed E-state index contributed by atoms with van der Waals surface area (Å²) >= 11 is 0. The van der Waals surface area contributed by atoms with Gasteiger partial charge >= 0.3 is 0 Å². The van der Waals surface area contributed by atoms with E-state index >= 15 is 0 Å². The fraction of sp³-hybridized carbons (Fsp3) is 0. The first-order valence-corrected chi connectivity index (χ1v) is 3.99. The number of hydrogen-bond donors (Lipinski definition) is 1. The number of rotatable bonds is 2. The van der Waals surface area contributed by atoms with Crippen LogP contribution in [0.5, 0.6) is 0 Å². The molecule has 0 unspecified atom stereocenters. The smallest absolute Gasteiger partial charge is 0.168 e. The highest BCUT2D eigenvalue weighted by Crippen LogP contribution is 2.12. The minimum atomic E-state index is -2.56. The van der Waals surface area contributed by atoms with E-state index in [1.54, 1.807) is 0 Å². The Labute approximate surface area is 64.8 Å². The summed E-state index contributed by atoms with van der Waals surface area (Å²) in [6.07, 6.45) is 0. The molecule has 1 rings (SSSR count). The lowest BCUT2D eigenvalue weighted by Gasteiger charge is -1.88. The third-order valence-electron chi connectivity index (χ3n) is 1.17. The predicted octanol–water partition coefficient (Wildman–Crippen LogP) is 1.05. The van der Waals surface area contributed by atoms with Crippen LogP contribution in [-0.2, 0) is 10.7 Å². The molecule has 0 fully saturated rings. The predicted molar refractivity (Wildman–Crippen MR) is 40.5 cm³/mol. The third-order valence-corrected chi connectivity index (χ3v) is 1.89. The molecule has 4 nitrogen and oxygen atoms in total. The van der Waals surface area contributed by atoms with E-state index in [4.69, 9.17) is 0 Å². The summed E-state index contributed by atoms with van der Waals surface area (Å²) in [6, 6.07) is 5.38. The molecule has 0 aromatic heterocycles. The zero-order valence-electron chi connectivity index (χ0n) is 5.43. The molecule has 0 atom stereocenters. The van der Waals surface area contributed by atoms with E-state index in [0.29, 0.717) is 0 Å². The minimum absolute atomic E-state index is 0.187. The van der Waals surface area contributed by atoms with Gasteiger partial charge in [0.25, 0.3) is 0 Å². The molecule has 0 N–H and O–H groups in total. The van der Waals surface area contributed by atoms with Gasteiger partial charge in [-0.1, -0.05) is 0 Å². The van der Waals surface area contributed by atoms with Gasteiger partial charge in [0.15, 0.2) is 10.7 Å². The fourth-order valence-electron chi connectivity index (χ4n) is 0.635. The Bertz CT molecular complexity index is 320. The van der Waals surface area contributed by atoms with E-state index in [1.807, 2.05) is 0 Å². The van der Waals surface area contributed by atoms with Crippen molar-refractivity contribution in [2.45, 2.75) is 4.90 Å². The van der Waals surface area contributed by atoms with Gasteiger partial charge in [0.1, 0.15) is 5.69 Å². The van der Waals surface area contributed by atoms with Crippen molar-refractivity contribution < 1.29 is 8.42 Å². The molecule has 5 heteroatoms. The molecule has 0 bridgehead atoms. The van der Waals surface area contributed by atoms with Crippen molar-refractivity contribution in [3.05, 3.63) is 29.2 Å². The van der Waals surface area contributed by atoms with Gasteiger partial charge in [0.2, 0.25) is 0 Å². The lowest BCUT2D eigenvalue weighted by atomic mass is 10.3. The molecule has 0 aliphatic rings. The molecule has 0 radical (unpaired) electrons. The van der Waals surface area contributed by atoms with Crippen molar-refractivity contribution >= 4 is 16.4 Å². The normalized spacial score (nSPS) is 9.91. The average molecular weight is 171 g/mol. The standard InChI is InChI=1S/C6H5NO3S/c8-7-5-1-3-6(4-2-5)11(9)10/h1-4,11H. The van der Waals surface area contributed by atoms with Gasteiger partial charge in [-0.05, 0) is 29.4 Å². The van der Waals surface area contributed by atoms with Crippen molar-refractivity contribution in [1.82, 2.24) is 0 Å². The second-order valence-electron chi connectivity index (χ2n) is 1.86. The van der Waals surface area contributed by atoms with Gasteiger partial charge in [-0.25, -0.2) is 8.42 Å². The third kappa shape index (κ3) is 1.84. The molecule has 0 saturated carbocycles. The van der Waals surface area contributed by atoms with Crippen LogP contribution in [0.15, 0.2) is 34.3 Å². The Balaban J connectivity index is 3.10. The molecule has 0 heterocycles. The van der Waals surface area contributed by atoms with Crippen molar-refractivity contribution in [3.63, 3.8) is 0 Å². The van der Waals surface area contributed by atoms with Gasteiger partial charge in [-0.3, -0.25) is 0 Å². The first-order valence-electron chi connectivity index (χ1n) is 2.82. The van der Waals surface area contributed by atoms with Crippen LogP contribution in [0, 0.1) is 4.91 Å². The Morgan fingerprint density at radius 3 is 2.00 bits per heavy atom. The van der Waals surface area contributed by atoms with Gasteiger partial charge in [0.05, 0.1) is 4.90 Å². The van der Waals surface area contributed by atoms with Gasteiger partial charge in [-0.2, -0.15) is 0 Å². The molecular weight excluding hydrogens is 166 g/mol. The monoisotopic (exact) mass is 171 g/mol. The van der Waals surface area contributed by atoms with Gasteiger partial charge < -0.3 is 0 Å². The fourth-order valence-corrected chi connectivity index (χ4v) is 1.03. The lowest BCUT2D eigenvalue weighted by Crippen LogP contribution is -1.76. The van der Waals surface area contributed by atoms with Crippen LogP contribution in [0.4, 0.5) is 5.69 Å². The highest BCUT2D eigenvalue weighted by Gasteiger charge is 1.94. The quantitative estimate of drug-likeness (QED) is 0.534. The number of hydrogen-bond acceptors (Lipinski definition) is 4. The van der Waals surface area contributed by atoms with E-state index in [9.17, 15) is 13.3 Å². The van der Waals surface area contributed by atoms with Gasteiger partial charge in [0, 0.05) is 0 Å². The first-order chi connectivity index (χ1) is 5.24. The summed E-state index contributed by atoms with van der Waals surface area (Å²) in [5, 5.41) is 2.62. The van der Waals surface area contributed by atoms with E-state index in [-0.39, 0.29) is 10.6 Å². The van der Waals surface area contributed by atoms with Crippen LogP contribution in [-0.4, -0.2) is 8.42 Å². The number of thiol groups is 1. The van der Waals surface area contributed by atoms with Crippen LogP contribution in [0.1, 0.15) is 0 Å². The van der Waals surface area contributed by atoms with Crippen LogP contribution < -0.4 is 0 Å². The maximum absolute atomic E-state index is 10.3. The summed E-state index contributed by atoms with van der Waals surface area (Å²) in [5.41, 5.74) is 0.227. The summed E-state index contributed by atoms with van der Waals surface area (Å²) in [7, 11) is -2.56. The largest absolute Gasteiger partial charge is 0.227 e. The van der Waals surface area contributed by atoms with Gasteiger partial charge in [-0.15, -0.1) is 4.91 Å². The minimum Gasteiger partial charge on any atom is -0.227 e. The summed E-state index contributed by atoms with van der Waals surface area (Å²) in [4.78, 5) is 10.1. The average Bonchev–Trinajstić information content (AvgIpc) is 2.05. The van der Waals surface area contributed by atoms with Crippen molar-refractivity contribution in [1.29, 1.82) is 0 Å². The first kappa shape index (κ1) is 7.87. The summed E-state index contributed by atoms with van der Waals surface area (Å²) in [6.45, 7) is 0. The molecule has 0 spiro atoms. The topological polar surface area (TPSA) is 63.6 Å². The van der Waals surface area contributed by atoms with E-state index < -0.39 is 10.7 Å². The molecule has 0 saturated heterocycles. The number of nitrogens with zero attached hydrogens (tertiary/aromatic N) is 1. The molecule has 0 amide bonds. The van der Waals surface area contributed by atoms with E-state index in [2.05, 4.69) is 5.18 Å². The Hall–Kier alpha value is -1.23. The zero-order valence-corrected chi connectivity index (χ0v) is 6.32. The van der Waals surface area contributed by atoms with Crippen molar-refractivity contribution in [2.75, 3.05) is 0 Å². The molecular formula is C6H5NO3S. The maximum Gasteiger partial charge on any atom is 0.168 e. The molecule has 0 aliphatic carbocycles. The second-order valence-corrected chi connectivity index (χ2v) is 2.90. The van der Waals surface area contributed by atoms with Crippen molar-refractivity contribution in [2.24, 2.45) is 5.18 Å². The molecule has 1 aromatic rings. The lowest BCUT2D eigenvalue weighted by molar-refractivity contribution is 0.614. The second kappa shape index (κ2) is 3.25. The summed E-state index contributed by atoms with van der Waals surface area (Å²) in [5.74, 6) is 0. The SMILES string of the molecule is O=Nc1ccc([SH](=O)=O)cc1. The highest BCUT2D eigenvalue weighted by molar-refractivity contribution is 7.72. The molecule has 0 aliphatic heterocycles. The summed E-state index contributed by atoms with van der Waals surface area (Å²) < 4.78 is 20.7. The Kier molecular flexibility index (Phi) is 2.32. The van der Waals surface area contributed by atoms with Crippen LogP contribution in [0.3, 0.4) is 0 Å². The molecule has 58 valence electrons.